The van der Waals surface area contributed by atoms with E-state index in [1.165, 1.54) is 19.4 Å². The number of carboxylic acid groups (broad SMARTS) is 2. The van der Waals surface area contributed by atoms with Gasteiger partial charge >= 0.3 is 0 Å². The van der Waals surface area contributed by atoms with Crippen molar-refractivity contribution in [1.82, 2.24) is 14.8 Å². The maximum Gasteiger partial charge on any atom is 0.290 e. The number of morpholine rings is 1. The number of pyridine rings is 1. The van der Waals surface area contributed by atoms with Crippen molar-refractivity contribution in [3.05, 3.63) is 30.1 Å². The standard InChI is InChI=1S/C20H31N3O2.2CH2O2/c1-3-17(4-2)13-22-11-8-20(9-12-22)16-23(19(24)15-25-20)14-18-7-5-6-10-21-18;2*2-1-3/h5-7,10,17H,3-4,8-9,11-16H2,1-2H3;2*1H,(H,2,3). The van der Waals surface area contributed by atoms with Gasteiger partial charge in [0.15, 0.2) is 0 Å². The van der Waals surface area contributed by atoms with Crippen LogP contribution in [-0.2, 0) is 25.7 Å². The minimum atomic E-state index is -0.250. The first-order chi connectivity index (χ1) is 15.0. The van der Waals surface area contributed by atoms with Crippen LogP contribution in [0.3, 0.4) is 0 Å². The van der Waals surface area contributed by atoms with Gasteiger partial charge in [-0.25, -0.2) is 0 Å². The van der Waals surface area contributed by atoms with Gasteiger partial charge in [-0.15, -0.1) is 0 Å². The Bertz CT molecular complexity index is 640. The van der Waals surface area contributed by atoms with Crippen LogP contribution >= 0.6 is 0 Å². The maximum atomic E-state index is 12.3. The summed E-state index contributed by atoms with van der Waals surface area (Å²) in [5.41, 5.74) is 0.784. The molecule has 2 aliphatic rings. The van der Waals surface area contributed by atoms with Crippen molar-refractivity contribution < 1.29 is 29.3 Å². The van der Waals surface area contributed by atoms with Gasteiger partial charge < -0.3 is 24.7 Å². The largest absolute Gasteiger partial charge is 0.483 e. The molecule has 3 heterocycles. The van der Waals surface area contributed by atoms with Crippen LogP contribution in [0.5, 0.6) is 0 Å². The number of carbonyl (C=O) groups is 3. The minimum Gasteiger partial charge on any atom is -0.483 e. The van der Waals surface area contributed by atoms with Crippen LogP contribution in [0.4, 0.5) is 0 Å². The fraction of sp³-hybridized carbons (Fsp3) is 0.636. The van der Waals surface area contributed by atoms with Crippen molar-refractivity contribution in [1.29, 1.82) is 0 Å². The molecular weight excluding hydrogens is 402 g/mol. The molecule has 0 unspecified atom stereocenters. The monoisotopic (exact) mass is 437 g/mol. The molecule has 2 fully saturated rings. The molecule has 2 saturated heterocycles. The van der Waals surface area contributed by atoms with E-state index in [2.05, 4.69) is 23.7 Å². The van der Waals surface area contributed by atoms with E-state index in [9.17, 15) is 4.79 Å². The molecule has 0 bridgehead atoms. The van der Waals surface area contributed by atoms with Crippen molar-refractivity contribution in [2.45, 2.75) is 51.7 Å². The average Bonchev–Trinajstić information content (AvgIpc) is 2.78. The van der Waals surface area contributed by atoms with Crippen LogP contribution in [0.15, 0.2) is 24.4 Å². The number of hydrogen-bond acceptors (Lipinski definition) is 6. The molecule has 3 rings (SSSR count). The fourth-order valence-electron chi connectivity index (χ4n) is 3.98. The molecule has 0 atom stereocenters. The lowest BCUT2D eigenvalue weighted by Crippen LogP contribution is -2.58. The SMILES string of the molecule is CCC(CC)CN1CCC2(CC1)CN(Cc1ccccn1)C(=O)CO2.O=CO.O=CO. The van der Waals surface area contributed by atoms with Crippen LogP contribution in [0, 0.1) is 5.92 Å². The molecule has 1 aromatic rings. The van der Waals surface area contributed by atoms with E-state index in [1.54, 1.807) is 6.20 Å². The lowest BCUT2D eigenvalue weighted by atomic mass is 9.88. The summed E-state index contributed by atoms with van der Waals surface area (Å²) in [5, 5.41) is 13.8. The van der Waals surface area contributed by atoms with E-state index >= 15 is 0 Å². The summed E-state index contributed by atoms with van der Waals surface area (Å²) in [5.74, 6) is 0.874. The van der Waals surface area contributed by atoms with Crippen LogP contribution in [0.1, 0.15) is 45.2 Å². The number of likely N-dealkylation sites (tertiary alicyclic amines) is 1. The van der Waals surface area contributed by atoms with E-state index < -0.39 is 0 Å². The highest BCUT2D eigenvalue weighted by molar-refractivity contribution is 5.78. The molecule has 1 spiro atoms. The number of piperidine rings is 1. The Morgan fingerprint density at radius 3 is 2.29 bits per heavy atom. The second kappa shape index (κ2) is 14.5. The first-order valence-corrected chi connectivity index (χ1v) is 10.7. The Hall–Kier alpha value is -2.52. The minimum absolute atomic E-state index is 0.0794. The Morgan fingerprint density at radius 2 is 1.77 bits per heavy atom. The molecule has 31 heavy (non-hydrogen) atoms. The van der Waals surface area contributed by atoms with Gasteiger partial charge in [0.25, 0.3) is 12.9 Å². The summed E-state index contributed by atoms with van der Waals surface area (Å²) in [6.07, 6.45) is 6.31. The zero-order valence-corrected chi connectivity index (χ0v) is 18.5. The van der Waals surface area contributed by atoms with E-state index in [1.807, 2.05) is 23.1 Å². The van der Waals surface area contributed by atoms with Crippen LogP contribution in [0.2, 0.25) is 0 Å². The molecule has 174 valence electrons. The summed E-state index contributed by atoms with van der Waals surface area (Å²) in [4.78, 5) is 37.9. The molecule has 1 aromatic heterocycles. The predicted molar refractivity (Wildman–Crippen MR) is 115 cm³/mol. The number of carbonyl (C=O) groups excluding carboxylic acids is 1. The number of hydrogen-bond donors (Lipinski definition) is 2. The Balaban J connectivity index is 0.000000720. The molecule has 0 aromatic carbocycles. The lowest BCUT2D eigenvalue weighted by molar-refractivity contribution is -0.173. The third kappa shape index (κ3) is 9.02. The molecule has 9 heteroatoms. The van der Waals surface area contributed by atoms with Crippen LogP contribution < -0.4 is 0 Å². The quantitative estimate of drug-likeness (QED) is 0.649. The molecule has 1 amide bonds. The van der Waals surface area contributed by atoms with Gasteiger partial charge in [0.2, 0.25) is 5.91 Å². The molecule has 0 aliphatic carbocycles. The third-order valence-electron chi connectivity index (χ3n) is 5.85. The van der Waals surface area contributed by atoms with Crippen LogP contribution in [0.25, 0.3) is 0 Å². The highest BCUT2D eigenvalue weighted by atomic mass is 16.5. The number of nitrogens with zero attached hydrogens (tertiary/aromatic N) is 3. The number of ether oxygens (including phenoxy) is 1. The zero-order chi connectivity index (χ0) is 23.1. The van der Waals surface area contributed by atoms with E-state index in [4.69, 9.17) is 24.5 Å². The lowest BCUT2D eigenvalue weighted by Gasteiger charge is -2.47. The van der Waals surface area contributed by atoms with E-state index in [0.29, 0.717) is 13.1 Å². The fourth-order valence-corrected chi connectivity index (χ4v) is 3.98. The van der Waals surface area contributed by atoms with Gasteiger partial charge in [0.05, 0.1) is 24.4 Å². The van der Waals surface area contributed by atoms with Crippen molar-refractivity contribution in [3.63, 3.8) is 0 Å². The summed E-state index contributed by atoms with van der Waals surface area (Å²) in [7, 11) is 0. The number of aromatic nitrogens is 1. The van der Waals surface area contributed by atoms with Crippen molar-refractivity contribution in [2.24, 2.45) is 5.92 Å². The van der Waals surface area contributed by atoms with Crippen molar-refractivity contribution >= 4 is 18.9 Å². The number of amides is 1. The van der Waals surface area contributed by atoms with Gasteiger partial charge in [-0.2, -0.15) is 0 Å². The van der Waals surface area contributed by atoms with Crippen molar-refractivity contribution in [2.75, 3.05) is 32.8 Å². The number of rotatable bonds is 6. The predicted octanol–water partition coefficient (Wildman–Crippen LogP) is 2.11. The van der Waals surface area contributed by atoms with Crippen molar-refractivity contribution in [3.8, 4) is 0 Å². The first-order valence-electron chi connectivity index (χ1n) is 10.7. The summed E-state index contributed by atoms with van der Waals surface area (Å²) in [6.45, 7) is 8.89. The molecule has 2 aliphatic heterocycles. The van der Waals surface area contributed by atoms with Gasteiger partial charge in [-0.3, -0.25) is 19.4 Å². The highest BCUT2D eigenvalue weighted by Crippen LogP contribution is 2.31. The third-order valence-corrected chi connectivity index (χ3v) is 5.85. The summed E-state index contributed by atoms with van der Waals surface area (Å²) in [6, 6.07) is 5.86. The first kappa shape index (κ1) is 26.5. The molecule has 0 saturated carbocycles. The molecular formula is C22H35N3O6. The average molecular weight is 438 g/mol. The molecule has 0 radical (unpaired) electrons. The van der Waals surface area contributed by atoms with Gasteiger partial charge in [0, 0.05) is 25.8 Å². The topological polar surface area (TPSA) is 120 Å². The normalized spacial score (nSPS) is 17.9. The molecule has 2 N–H and O–H groups in total. The van der Waals surface area contributed by atoms with Gasteiger partial charge in [-0.05, 0) is 30.9 Å². The molecule has 9 nitrogen and oxygen atoms in total. The Morgan fingerprint density at radius 1 is 1.16 bits per heavy atom. The Kier molecular flexibility index (Phi) is 12.4. The van der Waals surface area contributed by atoms with Gasteiger partial charge in [-0.1, -0.05) is 32.8 Å². The maximum absolute atomic E-state index is 12.3. The Labute approximate surface area is 184 Å². The van der Waals surface area contributed by atoms with E-state index in [0.717, 1.165) is 37.5 Å². The second-order valence-corrected chi connectivity index (χ2v) is 7.74. The highest BCUT2D eigenvalue weighted by Gasteiger charge is 2.42. The van der Waals surface area contributed by atoms with E-state index in [-0.39, 0.29) is 31.1 Å². The smallest absolute Gasteiger partial charge is 0.290 e. The van der Waals surface area contributed by atoms with Crippen LogP contribution in [-0.4, -0.2) is 82.2 Å². The zero-order valence-electron chi connectivity index (χ0n) is 18.5. The second-order valence-electron chi connectivity index (χ2n) is 7.74. The van der Waals surface area contributed by atoms with Gasteiger partial charge in [0.1, 0.15) is 6.61 Å². The summed E-state index contributed by atoms with van der Waals surface area (Å²) < 4.78 is 6.05. The summed E-state index contributed by atoms with van der Waals surface area (Å²) >= 11 is 0.